The highest BCUT2D eigenvalue weighted by atomic mass is 35.5. The molecule has 0 N–H and O–H groups in total. The van der Waals surface area contributed by atoms with E-state index in [1.807, 2.05) is 19.1 Å². The van der Waals surface area contributed by atoms with Crippen LogP contribution in [0.1, 0.15) is 15.9 Å². The molecule has 1 heterocycles. The van der Waals surface area contributed by atoms with Gasteiger partial charge in [0, 0.05) is 10.6 Å². The van der Waals surface area contributed by atoms with Gasteiger partial charge in [-0.25, -0.2) is 4.79 Å². The van der Waals surface area contributed by atoms with Crippen molar-refractivity contribution in [1.29, 1.82) is 0 Å². The van der Waals surface area contributed by atoms with Gasteiger partial charge in [0.15, 0.2) is 5.76 Å². The predicted octanol–water partition coefficient (Wildman–Crippen LogP) is 5.65. The largest absolute Gasteiger partial charge is 0.497 e. The van der Waals surface area contributed by atoms with Crippen LogP contribution in [0.2, 0.25) is 5.02 Å². The van der Waals surface area contributed by atoms with E-state index in [0.29, 0.717) is 21.9 Å². The fourth-order valence-electron chi connectivity index (χ4n) is 3.04. The summed E-state index contributed by atoms with van der Waals surface area (Å²) in [7, 11) is 1.50. The molecule has 4 aromatic rings. The second-order valence-corrected chi connectivity index (χ2v) is 7.15. The lowest BCUT2D eigenvalue weighted by atomic mass is 10.1. The number of ether oxygens (including phenoxy) is 2. The van der Waals surface area contributed by atoms with Crippen LogP contribution in [-0.2, 0) is 0 Å². The van der Waals surface area contributed by atoms with Gasteiger partial charge >= 0.3 is 5.97 Å². The molecule has 0 unspecified atom stereocenters. The van der Waals surface area contributed by atoms with Crippen LogP contribution in [0.4, 0.5) is 0 Å². The summed E-state index contributed by atoms with van der Waals surface area (Å²) >= 11 is 6.05. The fraction of sp³-hybridized carbons (Fsp3) is 0.0833. The zero-order valence-corrected chi connectivity index (χ0v) is 17.0. The third-order valence-electron chi connectivity index (χ3n) is 4.62. The first kappa shape index (κ1) is 19.7. The molecule has 5 nitrogen and oxygen atoms in total. The van der Waals surface area contributed by atoms with E-state index in [0.717, 1.165) is 5.56 Å². The normalized spacial score (nSPS) is 10.8. The monoisotopic (exact) mass is 420 g/mol. The lowest BCUT2D eigenvalue weighted by molar-refractivity contribution is 0.0731. The molecule has 0 bridgehead atoms. The maximum atomic E-state index is 13.2. The van der Waals surface area contributed by atoms with Gasteiger partial charge in [-0.3, -0.25) is 4.79 Å². The molecule has 0 atom stereocenters. The van der Waals surface area contributed by atoms with Gasteiger partial charge in [-0.15, -0.1) is 0 Å². The minimum absolute atomic E-state index is 0.172. The first-order valence-electron chi connectivity index (χ1n) is 9.16. The summed E-state index contributed by atoms with van der Waals surface area (Å²) in [5, 5.41) is 0.606. The highest BCUT2D eigenvalue weighted by Gasteiger charge is 2.21. The Labute approximate surface area is 177 Å². The Morgan fingerprint density at radius 2 is 1.77 bits per heavy atom. The molecule has 0 spiro atoms. The molecular formula is C24H17ClO5. The average molecular weight is 421 g/mol. The SMILES string of the molecule is COc1cccc(C(=O)Oc2c(-c3ccc(C)cc3)oc3ccc(Cl)cc3c2=O)c1. The number of halogens is 1. The fourth-order valence-corrected chi connectivity index (χ4v) is 3.21. The average Bonchev–Trinajstić information content (AvgIpc) is 2.76. The topological polar surface area (TPSA) is 65.7 Å². The Hall–Kier alpha value is -3.57. The number of methoxy groups -OCH3 is 1. The Kier molecular flexibility index (Phi) is 5.29. The lowest BCUT2D eigenvalue weighted by Crippen LogP contribution is -2.16. The van der Waals surface area contributed by atoms with Crippen molar-refractivity contribution in [3.63, 3.8) is 0 Å². The highest BCUT2D eigenvalue weighted by molar-refractivity contribution is 6.31. The molecule has 1 aromatic heterocycles. The van der Waals surface area contributed by atoms with Crippen molar-refractivity contribution in [3.8, 4) is 22.8 Å². The molecule has 0 radical (unpaired) electrons. The van der Waals surface area contributed by atoms with Crippen LogP contribution in [0.25, 0.3) is 22.3 Å². The number of esters is 1. The van der Waals surface area contributed by atoms with Crippen molar-refractivity contribution in [2.45, 2.75) is 6.92 Å². The maximum Gasteiger partial charge on any atom is 0.343 e. The summed E-state index contributed by atoms with van der Waals surface area (Å²) in [4.78, 5) is 26.0. The van der Waals surface area contributed by atoms with Crippen LogP contribution in [0, 0.1) is 6.92 Å². The molecular weight excluding hydrogens is 404 g/mol. The number of carbonyl (C=O) groups is 1. The van der Waals surface area contributed by atoms with Crippen LogP contribution in [0.5, 0.6) is 11.5 Å². The maximum absolute atomic E-state index is 13.2. The van der Waals surface area contributed by atoms with Gasteiger partial charge in [-0.05, 0) is 43.3 Å². The Morgan fingerprint density at radius 1 is 1.00 bits per heavy atom. The number of carbonyl (C=O) groups excluding carboxylic acids is 1. The van der Waals surface area contributed by atoms with Crippen LogP contribution in [-0.4, -0.2) is 13.1 Å². The Bertz CT molecular complexity index is 1310. The van der Waals surface area contributed by atoms with Crippen LogP contribution >= 0.6 is 11.6 Å². The minimum atomic E-state index is -0.698. The molecule has 30 heavy (non-hydrogen) atoms. The van der Waals surface area contributed by atoms with Gasteiger partial charge in [0.05, 0.1) is 18.1 Å². The molecule has 150 valence electrons. The van der Waals surface area contributed by atoms with E-state index in [1.54, 1.807) is 42.5 Å². The van der Waals surface area contributed by atoms with Crippen molar-refractivity contribution in [3.05, 3.63) is 93.1 Å². The summed E-state index contributed by atoms with van der Waals surface area (Å²) in [6.45, 7) is 1.95. The predicted molar refractivity (Wildman–Crippen MR) is 116 cm³/mol. The van der Waals surface area contributed by atoms with E-state index in [9.17, 15) is 9.59 Å². The van der Waals surface area contributed by atoms with Gasteiger partial charge in [-0.2, -0.15) is 0 Å². The van der Waals surface area contributed by atoms with Crippen molar-refractivity contribution in [1.82, 2.24) is 0 Å². The zero-order chi connectivity index (χ0) is 21.3. The summed E-state index contributed by atoms with van der Waals surface area (Å²) in [5.74, 6) is -0.219. The number of aryl methyl sites for hydroxylation is 1. The molecule has 0 saturated heterocycles. The third-order valence-corrected chi connectivity index (χ3v) is 4.86. The van der Waals surface area contributed by atoms with Crippen LogP contribution < -0.4 is 14.9 Å². The van der Waals surface area contributed by atoms with E-state index in [2.05, 4.69) is 0 Å². The van der Waals surface area contributed by atoms with Crippen molar-refractivity contribution in [2.24, 2.45) is 0 Å². The van der Waals surface area contributed by atoms with E-state index in [1.165, 1.54) is 19.2 Å². The van der Waals surface area contributed by atoms with Gasteiger partial charge in [0.1, 0.15) is 11.3 Å². The number of fused-ring (bicyclic) bond motifs is 1. The third kappa shape index (κ3) is 3.80. The standard InChI is InChI=1S/C24H17ClO5/c1-14-6-8-15(9-7-14)22-23(21(26)19-13-17(25)10-11-20(19)29-22)30-24(27)16-4-3-5-18(12-16)28-2/h3-13H,1-2H3. The number of rotatable bonds is 4. The summed E-state index contributed by atoms with van der Waals surface area (Å²) in [6.07, 6.45) is 0. The summed E-state index contributed by atoms with van der Waals surface area (Å²) in [5.41, 5.74) is 1.77. The van der Waals surface area contributed by atoms with E-state index >= 15 is 0 Å². The molecule has 0 saturated carbocycles. The number of benzene rings is 3. The summed E-state index contributed by atoms with van der Waals surface area (Å²) in [6, 6.07) is 18.6. The number of hydrogen-bond acceptors (Lipinski definition) is 5. The second kappa shape index (κ2) is 8.05. The second-order valence-electron chi connectivity index (χ2n) is 6.72. The van der Waals surface area contributed by atoms with Crippen molar-refractivity contribution < 1.29 is 18.7 Å². The van der Waals surface area contributed by atoms with E-state index in [-0.39, 0.29) is 22.5 Å². The zero-order valence-electron chi connectivity index (χ0n) is 16.3. The molecule has 0 fully saturated rings. The Balaban J connectivity index is 1.88. The van der Waals surface area contributed by atoms with Gasteiger partial charge in [0.2, 0.25) is 11.2 Å². The minimum Gasteiger partial charge on any atom is -0.497 e. The molecule has 3 aromatic carbocycles. The lowest BCUT2D eigenvalue weighted by Gasteiger charge is -2.11. The van der Waals surface area contributed by atoms with Crippen molar-refractivity contribution in [2.75, 3.05) is 7.11 Å². The van der Waals surface area contributed by atoms with E-state index < -0.39 is 11.4 Å². The first-order valence-corrected chi connectivity index (χ1v) is 9.53. The molecule has 6 heteroatoms. The molecule has 0 aliphatic carbocycles. The van der Waals surface area contributed by atoms with E-state index in [4.69, 9.17) is 25.5 Å². The summed E-state index contributed by atoms with van der Waals surface area (Å²) < 4.78 is 16.7. The van der Waals surface area contributed by atoms with Crippen molar-refractivity contribution >= 4 is 28.5 Å². The molecule has 0 amide bonds. The highest BCUT2D eigenvalue weighted by Crippen LogP contribution is 2.32. The number of hydrogen-bond donors (Lipinski definition) is 0. The van der Waals surface area contributed by atoms with Gasteiger partial charge < -0.3 is 13.9 Å². The smallest absolute Gasteiger partial charge is 0.343 e. The molecule has 0 aliphatic rings. The Morgan fingerprint density at radius 3 is 2.50 bits per heavy atom. The first-order chi connectivity index (χ1) is 14.5. The molecule has 0 aliphatic heterocycles. The van der Waals surface area contributed by atoms with Crippen LogP contribution in [0.15, 0.2) is 75.9 Å². The van der Waals surface area contributed by atoms with Crippen LogP contribution in [0.3, 0.4) is 0 Å². The van der Waals surface area contributed by atoms with Gasteiger partial charge in [-0.1, -0.05) is 47.5 Å². The quantitative estimate of drug-likeness (QED) is 0.399. The van der Waals surface area contributed by atoms with Gasteiger partial charge in [0.25, 0.3) is 0 Å². The molecule has 4 rings (SSSR count).